The summed E-state index contributed by atoms with van der Waals surface area (Å²) in [6.07, 6.45) is 1.65. The first kappa shape index (κ1) is 23.2. The van der Waals surface area contributed by atoms with Crippen LogP contribution in [0.1, 0.15) is 17.0 Å². The van der Waals surface area contributed by atoms with Crippen LogP contribution < -0.4 is 10.6 Å². The van der Waals surface area contributed by atoms with E-state index in [-0.39, 0.29) is 29.8 Å². The molecule has 0 radical (unpaired) electrons. The monoisotopic (exact) mass is 453 g/mol. The number of anilines is 2. The highest BCUT2D eigenvalue weighted by Gasteiger charge is 2.17. The molecule has 0 atom stereocenters. The van der Waals surface area contributed by atoms with Crippen LogP contribution in [0, 0.1) is 19.7 Å². The van der Waals surface area contributed by atoms with Gasteiger partial charge in [-0.25, -0.2) is 4.39 Å². The van der Waals surface area contributed by atoms with Gasteiger partial charge in [0.05, 0.1) is 12.2 Å². The second-order valence-corrected chi connectivity index (χ2v) is 8.06. The van der Waals surface area contributed by atoms with Crippen molar-refractivity contribution in [1.82, 2.24) is 14.8 Å². The van der Waals surface area contributed by atoms with E-state index in [0.29, 0.717) is 23.2 Å². The standard InChI is InChI=1S/C23H24FN5O2S/c1-4-12-29-20(13-21(30)25-18-10-8-17(24)9-11-18)27-28-23(29)32-14-22(31)26-19-7-5-6-15(2)16(19)3/h4-11H,1,12-14H2,2-3H3,(H,25,30)(H,26,31). The lowest BCUT2D eigenvalue weighted by Gasteiger charge is -2.11. The van der Waals surface area contributed by atoms with E-state index in [0.717, 1.165) is 16.8 Å². The number of hydrogen-bond acceptors (Lipinski definition) is 5. The minimum absolute atomic E-state index is 0.0204. The molecule has 0 unspecified atom stereocenters. The zero-order chi connectivity index (χ0) is 23.1. The summed E-state index contributed by atoms with van der Waals surface area (Å²) in [4.78, 5) is 24.8. The number of thioether (sulfide) groups is 1. The summed E-state index contributed by atoms with van der Waals surface area (Å²) in [6, 6.07) is 11.3. The number of allylic oxidation sites excluding steroid dienone is 1. The predicted octanol–water partition coefficient (Wildman–Crippen LogP) is 4.13. The quantitative estimate of drug-likeness (QED) is 0.376. The predicted molar refractivity (Wildman–Crippen MR) is 124 cm³/mol. The Hall–Kier alpha value is -3.46. The first-order chi connectivity index (χ1) is 15.4. The van der Waals surface area contributed by atoms with Crippen molar-refractivity contribution in [3.8, 4) is 0 Å². The van der Waals surface area contributed by atoms with Gasteiger partial charge in [0.15, 0.2) is 5.16 Å². The highest BCUT2D eigenvalue weighted by Crippen LogP contribution is 2.21. The van der Waals surface area contributed by atoms with E-state index >= 15 is 0 Å². The van der Waals surface area contributed by atoms with Gasteiger partial charge in [-0.1, -0.05) is 30.0 Å². The van der Waals surface area contributed by atoms with Crippen LogP contribution in [-0.2, 0) is 22.6 Å². The van der Waals surface area contributed by atoms with E-state index in [1.807, 2.05) is 32.0 Å². The van der Waals surface area contributed by atoms with E-state index < -0.39 is 0 Å². The van der Waals surface area contributed by atoms with Gasteiger partial charge in [0.2, 0.25) is 11.8 Å². The number of benzene rings is 2. The number of nitrogens with zero attached hydrogens (tertiary/aromatic N) is 3. The molecule has 0 saturated heterocycles. The number of rotatable bonds is 9. The number of hydrogen-bond donors (Lipinski definition) is 2. The summed E-state index contributed by atoms with van der Waals surface area (Å²) in [5.74, 6) is -0.255. The molecular weight excluding hydrogens is 429 g/mol. The van der Waals surface area contributed by atoms with E-state index in [4.69, 9.17) is 0 Å². The van der Waals surface area contributed by atoms with Gasteiger partial charge >= 0.3 is 0 Å². The number of amides is 2. The van der Waals surface area contributed by atoms with E-state index in [1.165, 1.54) is 36.0 Å². The van der Waals surface area contributed by atoms with Crippen molar-refractivity contribution < 1.29 is 14.0 Å². The number of aromatic nitrogens is 3. The van der Waals surface area contributed by atoms with E-state index in [2.05, 4.69) is 27.4 Å². The molecule has 0 aliphatic carbocycles. The normalized spacial score (nSPS) is 10.6. The summed E-state index contributed by atoms with van der Waals surface area (Å²) >= 11 is 1.23. The van der Waals surface area contributed by atoms with Crippen molar-refractivity contribution in [2.24, 2.45) is 0 Å². The molecule has 2 aromatic carbocycles. The lowest BCUT2D eigenvalue weighted by Crippen LogP contribution is -2.18. The summed E-state index contributed by atoms with van der Waals surface area (Å²) in [6.45, 7) is 8.09. The number of aryl methyl sites for hydroxylation is 1. The second-order valence-electron chi connectivity index (χ2n) is 7.11. The van der Waals surface area contributed by atoms with Gasteiger partial charge in [-0.05, 0) is 55.3 Å². The molecule has 3 rings (SSSR count). The fraction of sp³-hybridized carbons (Fsp3) is 0.217. The van der Waals surface area contributed by atoms with Gasteiger partial charge in [0.25, 0.3) is 0 Å². The van der Waals surface area contributed by atoms with E-state index in [1.54, 1.807) is 10.6 Å². The molecule has 9 heteroatoms. The van der Waals surface area contributed by atoms with Gasteiger partial charge in [-0.2, -0.15) is 0 Å². The number of halogens is 1. The third-order valence-electron chi connectivity index (χ3n) is 4.76. The Morgan fingerprint density at radius 3 is 2.56 bits per heavy atom. The molecular formula is C23H24FN5O2S. The lowest BCUT2D eigenvalue weighted by atomic mass is 10.1. The number of nitrogens with one attached hydrogen (secondary N) is 2. The maximum atomic E-state index is 13.0. The van der Waals surface area contributed by atoms with Crippen molar-refractivity contribution in [3.05, 3.63) is 77.9 Å². The Labute approximate surface area is 190 Å². The Morgan fingerprint density at radius 1 is 1.09 bits per heavy atom. The second kappa shape index (κ2) is 10.7. The van der Waals surface area contributed by atoms with Crippen molar-refractivity contribution in [2.75, 3.05) is 16.4 Å². The molecule has 1 heterocycles. The fourth-order valence-corrected chi connectivity index (χ4v) is 3.72. The SMILES string of the molecule is C=CCn1c(CC(=O)Nc2ccc(F)cc2)nnc1SCC(=O)Nc1cccc(C)c1C. The Balaban J connectivity index is 1.62. The molecule has 0 bridgehead atoms. The molecule has 166 valence electrons. The minimum atomic E-state index is -0.378. The summed E-state index contributed by atoms with van der Waals surface area (Å²) in [7, 11) is 0. The average Bonchev–Trinajstić information content (AvgIpc) is 3.13. The third-order valence-corrected chi connectivity index (χ3v) is 5.73. The molecule has 0 aliphatic heterocycles. The average molecular weight is 454 g/mol. The zero-order valence-corrected chi connectivity index (χ0v) is 18.7. The maximum absolute atomic E-state index is 13.0. The van der Waals surface area contributed by atoms with Gasteiger partial charge in [0.1, 0.15) is 11.6 Å². The van der Waals surface area contributed by atoms with Crippen LogP contribution in [-0.4, -0.2) is 32.3 Å². The van der Waals surface area contributed by atoms with Gasteiger partial charge in [-0.15, -0.1) is 16.8 Å². The van der Waals surface area contributed by atoms with Crippen LogP contribution in [0.15, 0.2) is 60.3 Å². The largest absolute Gasteiger partial charge is 0.326 e. The van der Waals surface area contributed by atoms with Crippen LogP contribution >= 0.6 is 11.8 Å². The highest BCUT2D eigenvalue weighted by atomic mass is 32.2. The maximum Gasteiger partial charge on any atom is 0.234 e. The van der Waals surface area contributed by atoms with Gasteiger partial charge in [0, 0.05) is 17.9 Å². The van der Waals surface area contributed by atoms with Gasteiger partial charge in [-0.3, -0.25) is 9.59 Å². The van der Waals surface area contributed by atoms with Crippen molar-refractivity contribution in [1.29, 1.82) is 0 Å². The first-order valence-electron chi connectivity index (χ1n) is 9.94. The Morgan fingerprint density at radius 2 is 1.84 bits per heavy atom. The summed E-state index contributed by atoms with van der Waals surface area (Å²) < 4.78 is 14.8. The summed E-state index contributed by atoms with van der Waals surface area (Å²) in [5.41, 5.74) is 3.39. The molecule has 0 saturated carbocycles. The molecule has 0 aliphatic rings. The Bertz CT molecular complexity index is 1130. The molecule has 1 aromatic heterocycles. The molecule has 32 heavy (non-hydrogen) atoms. The fourth-order valence-electron chi connectivity index (χ4n) is 2.95. The molecule has 2 amide bonds. The molecule has 2 N–H and O–H groups in total. The highest BCUT2D eigenvalue weighted by molar-refractivity contribution is 7.99. The zero-order valence-electron chi connectivity index (χ0n) is 17.9. The molecule has 0 fully saturated rings. The molecule has 3 aromatic rings. The number of carbonyl (C=O) groups is 2. The van der Waals surface area contributed by atoms with Crippen LogP contribution in [0.25, 0.3) is 0 Å². The van der Waals surface area contributed by atoms with Crippen LogP contribution in [0.3, 0.4) is 0 Å². The minimum Gasteiger partial charge on any atom is -0.326 e. The molecule has 7 nitrogen and oxygen atoms in total. The van der Waals surface area contributed by atoms with Crippen LogP contribution in [0.2, 0.25) is 0 Å². The van der Waals surface area contributed by atoms with Crippen LogP contribution in [0.4, 0.5) is 15.8 Å². The van der Waals surface area contributed by atoms with Crippen LogP contribution in [0.5, 0.6) is 0 Å². The third kappa shape index (κ3) is 6.04. The molecule has 0 spiro atoms. The van der Waals surface area contributed by atoms with Gasteiger partial charge < -0.3 is 15.2 Å². The van der Waals surface area contributed by atoms with E-state index in [9.17, 15) is 14.0 Å². The summed E-state index contributed by atoms with van der Waals surface area (Å²) in [5, 5.41) is 14.4. The topological polar surface area (TPSA) is 88.9 Å². The van der Waals surface area contributed by atoms with Crippen molar-refractivity contribution in [2.45, 2.75) is 32.0 Å². The Kier molecular flexibility index (Phi) is 7.77. The lowest BCUT2D eigenvalue weighted by molar-refractivity contribution is -0.116. The first-order valence-corrected chi connectivity index (χ1v) is 10.9. The number of carbonyl (C=O) groups excluding carboxylic acids is 2. The smallest absolute Gasteiger partial charge is 0.234 e. The van der Waals surface area contributed by atoms with Crippen molar-refractivity contribution >= 4 is 35.0 Å². The van der Waals surface area contributed by atoms with Crippen molar-refractivity contribution in [3.63, 3.8) is 0 Å².